The highest BCUT2D eigenvalue weighted by molar-refractivity contribution is 5.56. The van der Waals surface area contributed by atoms with Crippen LogP contribution in [0.5, 0.6) is 5.88 Å². The van der Waals surface area contributed by atoms with Gasteiger partial charge in [0.2, 0.25) is 5.88 Å². The summed E-state index contributed by atoms with van der Waals surface area (Å²) in [6.07, 6.45) is 0.533. The molecule has 6 heteroatoms. The molecule has 0 amide bonds. The van der Waals surface area contributed by atoms with Crippen LogP contribution in [-0.2, 0) is 18.3 Å². The Balaban J connectivity index is 1.65. The van der Waals surface area contributed by atoms with Gasteiger partial charge >= 0.3 is 0 Å². The number of nitrogens with zero attached hydrogens (tertiary/aromatic N) is 3. The summed E-state index contributed by atoms with van der Waals surface area (Å²) in [5.41, 5.74) is 4.40. The third-order valence-corrected chi connectivity index (χ3v) is 4.60. The van der Waals surface area contributed by atoms with E-state index in [1.165, 1.54) is 5.69 Å². The first-order chi connectivity index (χ1) is 12.0. The lowest BCUT2D eigenvalue weighted by Gasteiger charge is -2.36. The van der Waals surface area contributed by atoms with Gasteiger partial charge in [-0.15, -0.1) is 0 Å². The molecule has 2 aromatic rings. The predicted octanol–water partition coefficient (Wildman–Crippen LogP) is 2.96. The van der Waals surface area contributed by atoms with Crippen molar-refractivity contribution in [2.24, 2.45) is 7.05 Å². The monoisotopic (exact) mass is 344 g/mol. The average molecular weight is 344 g/mol. The van der Waals surface area contributed by atoms with Gasteiger partial charge in [-0.2, -0.15) is 5.10 Å². The number of rotatable bonds is 5. The van der Waals surface area contributed by atoms with E-state index in [0.717, 1.165) is 35.9 Å². The van der Waals surface area contributed by atoms with Gasteiger partial charge in [-0.1, -0.05) is 0 Å². The van der Waals surface area contributed by atoms with Crippen molar-refractivity contribution in [3.8, 4) is 5.88 Å². The van der Waals surface area contributed by atoms with Crippen molar-refractivity contribution >= 4 is 11.4 Å². The number of anilines is 2. The Kier molecular flexibility index (Phi) is 5.18. The second-order valence-electron chi connectivity index (χ2n) is 6.76. The standard InChI is InChI=1S/C19H28N4O2/c1-13-11-23(12-14(2)25-13)17-8-6-16(7-9-17)20-10-18-15(3)21-22(4)19(18)24-5/h6-9,13-14,20H,10-12H2,1-5H3/t13-,14-/m0/s1. The molecule has 0 aliphatic carbocycles. The normalized spacial score (nSPS) is 20.6. The lowest BCUT2D eigenvalue weighted by Crippen LogP contribution is -2.45. The van der Waals surface area contributed by atoms with E-state index in [-0.39, 0.29) is 12.2 Å². The molecule has 3 rings (SSSR count). The van der Waals surface area contributed by atoms with E-state index < -0.39 is 0 Å². The van der Waals surface area contributed by atoms with Gasteiger partial charge in [-0.05, 0) is 45.0 Å². The Morgan fingerprint density at radius 2 is 1.84 bits per heavy atom. The molecular formula is C19H28N4O2. The molecule has 0 unspecified atom stereocenters. The van der Waals surface area contributed by atoms with E-state index in [2.05, 4.69) is 53.4 Å². The minimum absolute atomic E-state index is 0.266. The van der Waals surface area contributed by atoms with Crippen molar-refractivity contribution in [1.29, 1.82) is 0 Å². The number of ether oxygens (including phenoxy) is 2. The predicted molar refractivity (Wildman–Crippen MR) is 100 cm³/mol. The van der Waals surface area contributed by atoms with Gasteiger partial charge in [0.05, 0.1) is 30.6 Å². The summed E-state index contributed by atoms with van der Waals surface area (Å²) in [6, 6.07) is 8.58. The molecule has 1 N–H and O–H groups in total. The highest BCUT2D eigenvalue weighted by atomic mass is 16.5. The molecule has 0 bridgehead atoms. The first-order valence-corrected chi connectivity index (χ1v) is 8.78. The highest BCUT2D eigenvalue weighted by Gasteiger charge is 2.22. The van der Waals surface area contributed by atoms with Crippen LogP contribution in [0, 0.1) is 6.92 Å². The summed E-state index contributed by atoms with van der Waals surface area (Å²) < 4.78 is 13.0. The number of morpholine rings is 1. The fourth-order valence-corrected chi connectivity index (χ4v) is 3.51. The third kappa shape index (κ3) is 3.90. The molecule has 0 spiro atoms. The van der Waals surface area contributed by atoms with Crippen molar-refractivity contribution in [3.05, 3.63) is 35.5 Å². The maximum absolute atomic E-state index is 5.81. The number of benzene rings is 1. The second kappa shape index (κ2) is 7.35. The Morgan fingerprint density at radius 1 is 1.20 bits per heavy atom. The maximum Gasteiger partial charge on any atom is 0.216 e. The number of nitrogens with one attached hydrogen (secondary N) is 1. The molecule has 2 atom stereocenters. The van der Waals surface area contributed by atoms with Crippen LogP contribution in [0.3, 0.4) is 0 Å². The fourth-order valence-electron chi connectivity index (χ4n) is 3.51. The number of aromatic nitrogens is 2. The second-order valence-corrected chi connectivity index (χ2v) is 6.76. The minimum Gasteiger partial charge on any atom is -0.481 e. The Morgan fingerprint density at radius 3 is 2.44 bits per heavy atom. The SMILES string of the molecule is COc1c(CNc2ccc(N3C[C@H](C)O[C@@H](C)C3)cc2)c(C)nn1C. The Bertz CT molecular complexity index is 701. The van der Waals surface area contributed by atoms with E-state index in [1.807, 2.05) is 14.0 Å². The van der Waals surface area contributed by atoms with E-state index >= 15 is 0 Å². The Hall–Kier alpha value is -2.21. The number of aryl methyl sites for hydroxylation is 2. The summed E-state index contributed by atoms with van der Waals surface area (Å²) in [6.45, 7) is 8.81. The smallest absolute Gasteiger partial charge is 0.216 e. The van der Waals surface area contributed by atoms with Crippen molar-refractivity contribution in [1.82, 2.24) is 9.78 Å². The molecule has 0 saturated carbocycles. The molecule has 2 heterocycles. The number of methoxy groups -OCH3 is 1. The maximum atomic E-state index is 5.81. The highest BCUT2D eigenvalue weighted by Crippen LogP contribution is 2.25. The zero-order valence-electron chi connectivity index (χ0n) is 15.7. The summed E-state index contributed by atoms with van der Waals surface area (Å²) in [5.74, 6) is 0.804. The van der Waals surface area contributed by atoms with Crippen LogP contribution in [0.25, 0.3) is 0 Å². The lowest BCUT2D eigenvalue weighted by atomic mass is 10.2. The zero-order valence-corrected chi connectivity index (χ0v) is 15.7. The van der Waals surface area contributed by atoms with Gasteiger partial charge in [-0.3, -0.25) is 0 Å². The lowest BCUT2D eigenvalue weighted by molar-refractivity contribution is -0.00521. The van der Waals surface area contributed by atoms with E-state index in [9.17, 15) is 0 Å². The molecule has 1 aromatic carbocycles. The molecule has 1 aromatic heterocycles. The van der Waals surface area contributed by atoms with E-state index in [0.29, 0.717) is 6.54 Å². The van der Waals surface area contributed by atoms with Gasteiger partial charge in [0.15, 0.2) is 0 Å². The average Bonchev–Trinajstić information content (AvgIpc) is 2.85. The molecule has 0 radical (unpaired) electrons. The van der Waals surface area contributed by atoms with Crippen molar-refractivity contribution in [3.63, 3.8) is 0 Å². The van der Waals surface area contributed by atoms with Crippen LogP contribution < -0.4 is 15.0 Å². The van der Waals surface area contributed by atoms with Crippen LogP contribution in [0.15, 0.2) is 24.3 Å². The summed E-state index contributed by atoms with van der Waals surface area (Å²) in [5, 5.41) is 7.88. The number of hydrogen-bond acceptors (Lipinski definition) is 5. The molecule has 136 valence electrons. The van der Waals surface area contributed by atoms with Crippen LogP contribution in [0.4, 0.5) is 11.4 Å². The van der Waals surface area contributed by atoms with E-state index in [4.69, 9.17) is 9.47 Å². The van der Waals surface area contributed by atoms with Crippen molar-refractivity contribution in [2.45, 2.75) is 39.5 Å². The molecule has 1 saturated heterocycles. The van der Waals surface area contributed by atoms with Gasteiger partial charge in [-0.25, -0.2) is 4.68 Å². The first-order valence-electron chi connectivity index (χ1n) is 8.78. The van der Waals surface area contributed by atoms with Gasteiger partial charge in [0.25, 0.3) is 0 Å². The largest absolute Gasteiger partial charge is 0.481 e. The summed E-state index contributed by atoms with van der Waals surface area (Å²) >= 11 is 0. The molecular weight excluding hydrogens is 316 g/mol. The molecule has 25 heavy (non-hydrogen) atoms. The van der Waals surface area contributed by atoms with Crippen LogP contribution >= 0.6 is 0 Å². The summed E-state index contributed by atoms with van der Waals surface area (Å²) in [7, 11) is 3.58. The van der Waals surface area contributed by atoms with Crippen molar-refractivity contribution in [2.75, 3.05) is 30.4 Å². The van der Waals surface area contributed by atoms with Crippen LogP contribution in [0.2, 0.25) is 0 Å². The van der Waals surface area contributed by atoms with Gasteiger partial charge in [0.1, 0.15) is 0 Å². The van der Waals surface area contributed by atoms with E-state index in [1.54, 1.807) is 11.8 Å². The molecule has 1 aliphatic heterocycles. The topological polar surface area (TPSA) is 51.6 Å². The molecule has 6 nitrogen and oxygen atoms in total. The van der Waals surface area contributed by atoms with Crippen LogP contribution in [0.1, 0.15) is 25.1 Å². The van der Waals surface area contributed by atoms with Crippen molar-refractivity contribution < 1.29 is 9.47 Å². The summed E-state index contributed by atoms with van der Waals surface area (Å²) in [4.78, 5) is 2.39. The van der Waals surface area contributed by atoms with Gasteiger partial charge in [0, 0.05) is 38.1 Å². The van der Waals surface area contributed by atoms with Crippen LogP contribution in [-0.4, -0.2) is 42.2 Å². The molecule has 1 fully saturated rings. The fraction of sp³-hybridized carbons (Fsp3) is 0.526. The first kappa shape index (κ1) is 17.6. The Labute approximate surface area is 149 Å². The third-order valence-electron chi connectivity index (χ3n) is 4.60. The quantitative estimate of drug-likeness (QED) is 0.904. The van der Waals surface area contributed by atoms with Gasteiger partial charge < -0.3 is 19.7 Å². The molecule has 1 aliphatic rings. The zero-order chi connectivity index (χ0) is 18.0. The minimum atomic E-state index is 0.266. The number of hydrogen-bond donors (Lipinski definition) is 1.